The molecule has 0 aliphatic rings. The summed E-state index contributed by atoms with van der Waals surface area (Å²) >= 11 is 0. The van der Waals surface area contributed by atoms with Crippen LogP contribution in [0.2, 0.25) is 0 Å². The second-order valence-electron chi connectivity index (χ2n) is 4.54. The van der Waals surface area contributed by atoms with Gasteiger partial charge in [0.05, 0.1) is 17.4 Å². The summed E-state index contributed by atoms with van der Waals surface area (Å²) in [5.74, 6) is 1.13. The monoisotopic (exact) mass is 267 g/mol. The maximum atomic E-state index is 12.3. The van der Waals surface area contributed by atoms with E-state index in [0.29, 0.717) is 22.8 Å². The average Bonchev–Trinajstić information content (AvgIpc) is 3.06. The molecule has 5 heteroatoms. The quantitative estimate of drug-likeness (QED) is 0.684. The van der Waals surface area contributed by atoms with Crippen LogP contribution >= 0.6 is 0 Å². The van der Waals surface area contributed by atoms with Crippen LogP contribution in [0.25, 0.3) is 5.69 Å². The van der Waals surface area contributed by atoms with E-state index in [-0.39, 0.29) is 5.78 Å². The Balaban J connectivity index is 1.95. The van der Waals surface area contributed by atoms with E-state index in [1.54, 1.807) is 23.9 Å². The molecule has 0 aliphatic carbocycles. The lowest BCUT2D eigenvalue weighted by molar-refractivity contribution is 0.103. The van der Waals surface area contributed by atoms with Crippen molar-refractivity contribution in [1.29, 1.82) is 0 Å². The molecule has 0 amide bonds. The van der Waals surface area contributed by atoms with Gasteiger partial charge in [0.1, 0.15) is 11.5 Å². The minimum Gasteiger partial charge on any atom is -0.466 e. The zero-order valence-corrected chi connectivity index (χ0v) is 11.2. The maximum absolute atomic E-state index is 12.3. The fourth-order valence-corrected chi connectivity index (χ4v) is 2.07. The van der Waals surface area contributed by atoms with Gasteiger partial charge in [0.25, 0.3) is 0 Å². The van der Waals surface area contributed by atoms with Crippen molar-refractivity contribution in [2.24, 2.45) is 0 Å². The number of ketones is 1. The highest BCUT2D eigenvalue weighted by molar-refractivity contribution is 6.08. The van der Waals surface area contributed by atoms with Gasteiger partial charge in [-0.25, -0.2) is 4.68 Å². The summed E-state index contributed by atoms with van der Waals surface area (Å²) in [6, 6.07) is 11.2. The number of nitrogens with zero attached hydrogens (tertiary/aromatic N) is 3. The highest BCUT2D eigenvalue weighted by atomic mass is 16.3. The molecular formula is C15H13N3O2. The van der Waals surface area contributed by atoms with Crippen molar-refractivity contribution in [1.82, 2.24) is 15.0 Å². The van der Waals surface area contributed by atoms with E-state index in [4.69, 9.17) is 4.42 Å². The van der Waals surface area contributed by atoms with Crippen LogP contribution < -0.4 is 0 Å². The number of hydrogen-bond donors (Lipinski definition) is 0. The molecule has 1 aromatic carbocycles. The maximum Gasteiger partial charge on any atom is 0.218 e. The molecule has 0 unspecified atom stereocenters. The van der Waals surface area contributed by atoms with Crippen molar-refractivity contribution in [3.05, 3.63) is 65.4 Å². The van der Waals surface area contributed by atoms with E-state index in [1.807, 2.05) is 37.3 Å². The molecule has 0 radical (unpaired) electrons. The van der Waals surface area contributed by atoms with E-state index in [0.717, 1.165) is 5.69 Å². The van der Waals surface area contributed by atoms with Crippen LogP contribution in [0, 0.1) is 13.8 Å². The van der Waals surface area contributed by atoms with Gasteiger partial charge < -0.3 is 4.42 Å². The van der Waals surface area contributed by atoms with E-state index in [2.05, 4.69) is 10.3 Å². The average molecular weight is 267 g/mol. The molecule has 20 heavy (non-hydrogen) atoms. The van der Waals surface area contributed by atoms with Gasteiger partial charge in [-0.15, -0.1) is 5.10 Å². The second-order valence-corrected chi connectivity index (χ2v) is 4.54. The molecule has 5 nitrogen and oxygen atoms in total. The summed E-state index contributed by atoms with van der Waals surface area (Å²) in [5.41, 5.74) is 1.69. The highest BCUT2D eigenvalue weighted by Crippen LogP contribution is 2.17. The van der Waals surface area contributed by atoms with Crippen molar-refractivity contribution in [3.8, 4) is 5.69 Å². The second kappa shape index (κ2) is 4.77. The first-order valence-electron chi connectivity index (χ1n) is 6.24. The lowest BCUT2D eigenvalue weighted by atomic mass is 10.1. The third-order valence-electron chi connectivity index (χ3n) is 3.03. The predicted octanol–water partition coefficient (Wildman–Crippen LogP) is 2.71. The first-order chi connectivity index (χ1) is 9.65. The van der Waals surface area contributed by atoms with Gasteiger partial charge in [-0.1, -0.05) is 23.4 Å². The molecule has 3 aromatic rings. The van der Waals surface area contributed by atoms with Crippen LogP contribution in [0.15, 0.2) is 47.0 Å². The van der Waals surface area contributed by atoms with Gasteiger partial charge >= 0.3 is 0 Å². The van der Waals surface area contributed by atoms with Crippen LogP contribution in [0.5, 0.6) is 0 Å². The fourth-order valence-electron chi connectivity index (χ4n) is 2.07. The number of carbonyl (C=O) groups is 1. The number of carbonyl (C=O) groups excluding carboxylic acids is 1. The molecule has 0 saturated carbocycles. The molecule has 0 atom stereocenters. The van der Waals surface area contributed by atoms with Crippen LogP contribution in [0.3, 0.4) is 0 Å². The van der Waals surface area contributed by atoms with Crippen LogP contribution in [-0.2, 0) is 0 Å². The molecule has 0 N–H and O–H groups in total. The molecule has 0 fully saturated rings. The molecule has 3 rings (SSSR count). The number of hydrogen-bond acceptors (Lipinski definition) is 4. The summed E-state index contributed by atoms with van der Waals surface area (Å²) in [6.45, 7) is 3.58. The minimum absolute atomic E-state index is 0.179. The summed E-state index contributed by atoms with van der Waals surface area (Å²) in [5, 5.41) is 7.93. The van der Waals surface area contributed by atoms with Crippen molar-refractivity contribution >= 4 is 5.78 Å². The smallest absolute Gasteiger partial charge is 0.218 e. The Kier molecular flexibility index (Phi) is 2.95. The Morgan fingerprint density at radius 3 is 2.60 bits per heavy atom. The number of para-hydroxylation sites is 1. The number of aryl methyl sites for hydroxylation is 2. The fraction of sp³-hybridized carbons (Fsp3) is 0.133. The minimum atomic E-state index is -0.179. The molecule has 0 spiro atoms. The Morgan fingerprint density at radius 1 is 1.20 bits per heavy atom. The number of aromatic nitrogens is 3. The van der Waals surface area contributed by atoms with Crippen molar-refractivity contribution in [2.45, 2.75) is 13.8 Å². The van der Waals surface area contributed by atoms with Gasteiger partial charge in [0, 0.05) is 0 Å². The standard InChI is InChI=1S/C15H13N3O2/c1-10-8-13(11(2)20-10)15(19)14-9-18(17-16-14)12-6-4-3-5-7-12/h3-9H,1-2H3. The Bertz CT molecular complexity index is 757. The van der Waals surface area contributed by atoms with Gasteiger partial charge in [-0.05, 0) is 32.0 Å². The Morgan fingerprint density at radius 2 is 1.95 bits per heavy atom. The van der Waals surface area contributed by atoms with Crippen molar-refractivity contribution in [2.75, 3.05) is 0 Å². The first kappa shape index (κ1) is 12.3. The lowest BCUT2D eigenvalue weighted by Gasteiger charge is -1.97. The van der Waals surface area contributed by atoms with Crippen molar-refractivity contribution < 1.29 is 9.21 Å². The normalized spacial score (nSPS) is 10.7. The van der Waals surface area contributed by atoms with Crippen LogP contribution in [-0.4, -0.2) is 20.8 Å². The van der Waals surface area contributed by atoms with E-state index < -0.39 is 0 Å². The molecule has 0 bridgehead atoms. The van der Waals surface area contributed by atoms with Crippen LogP contribution in [0.4, 0.5) is 0 Å². The number of benzene rings is 1. The number of furan rings is 1. The third-order valence-corrected chi connectivity index (χ3v) is 3.03. The van der Waals surface area contributed by atoms with Gasteiger partial charge in [-0.3, -0.25) is 4.79 Å². The molecular weight excluding hydrogens is 254 g/mol. The zero-order chi connectivity index (χ0) is 14.1. The summed E-state index contributed by atoms with van der Waals surface area (Å²) in [6.07, 6.45) is 1.62. The molecule has 0 aliphatic heterocycles. The third kappa shape index (κ3) is 2.14. The predicted molar refractivity (Wildman–Crippen MR) is 73.0 cm³/mol. The summed E-state index contributed by atoms with van der Waals surface area (Å²) in [7, 11) is 0. The zero-order valence-electron chi connectivity index (χ0n) is 11.2. The SMILES string of the molecule is Cc1cc(C(=O)c2cn(-c3ccccc3)nn2)c(C)o1. The molecule has 2 heterocycles. The Labute approximate surface area is 115 Å². The van der Waals surface area contributed by atoms with Crippen molar-refractivity contribution in [3.63, 3.8) is 0 Å². The topological polar surface area (TPSA) is 60.9 Å². The summed E-state index contributed by atoms with van der Waals surface area (Å²) in [4.78, 5) is 12.3. The summed E-state index contributed by atoms with van der Waals surface area (Å²) < 4.78 is 6.95. The number of rotatable bonds is 3. The lowest BCUT2D eigenvalue weighted by Crippen LogP contribution is -2.02. The first-order valence-corrected chi connectivity index (χ1v) is 6.24. The van der Waals surface area contributed by atoms with E-state index in [9.17, 15) is 4.79 Å². The molecule has 100 valence electrons. The largest absolute Gasteiger partial charge is 0.466 e. The highest BCUT2D eigenvalue weighted by Gasteiger charge is 2.18. The van der Waals surface area contributed by atoms with E-state index >= 15 is 0 Å². The van der Waals surface area contributed by atoms with E-state index in [1.165, 1.54) is 0 Å². The van der Waals surface area contributed by atoms with Crippen LogP contribution in [0.1, 0.15) is 27.6 Å². The van der Waals surface area contributed by atoms with Gasteiger partial charge in [-0.2, -0.15) is 0 Å². The van der Waals surface area contributed by atoms with Gasteiger partial charge in [0.2, 0.25) is 5.78 Å². The Hall–Kier alpha value is -2.69. The molecule has 0 saturated heterocycles. The molecule has 2 aromatic heterocycles. The van der Waals surface area contributed by atoms with Gasteiger partial charge in [0.15, 0.2) is 5.69 Å².